The maximum atomic E-state index is 15.6. The summed E-state index contributed by atoms with van der Waals surface area (Å²) in [7, 11) is 0. The lowest BCUT2D eigenvalue weighted by atomic mass is 9.98. The molecule has 0 fully saturated rings. The average Bonchev–Trinajstić information content (AvgIpc) is 3.35. The highest BCUT2D eigenvalue weighted by molar-refractivity contribution is 7.98. The van der Waals surface area contributed by atoms with E-state index in [1.807, 2.05) is 0 Å². The highest BCUT2D eigenvalue weighted by Gasteiger charge is 2.32. The third-order valence-corrected chi connectivity index (χ3v) is 6.55. The summed E-state index contributed by atoms with van der Waals surface area (Å²) < 4.78 is 326. The Balaban J connectivity index is 2.03. The van der Waals surface area contributed by atoms with Crippen LogP contribution in [0.15, 0.2) is 76.4 Å². The van der Waals surface area contributed by atoms with Crippen LogP contribution in [0.2, 0.25) is 0 Å². The number of fused-ring (bicyclic) bond motifs is 1. The molecule has 0 saturated carbocycles. The molecule has 0 atom stereocenters. The molecule has 1 aliphatic carbocycles. The number of hydrogen-bond donors (Lipinski definition) is 0. The second-order valence-corrected chi connectivity index (χ2v) is 9.67. The molecule has 0 spiro atoms. The number of aromatic nitrogens is 2. The van der Waals surface area contributed by atoms with Gasteiger partial charge in [-0.1, -0.05) is 73.9 Å². The van der Waals surface area contributed by atoms with Crippen LogP contribution >= 0.6 is 11.8 Å². The Morgan fingerprint density at radius 2 is 1.67 bits per heavy atom. The lowest BCUT2D eigenvalue weighted by Crippen LogP contribution is -2.40. The predicted molar refractivity (Wildman–Crippen MR) is 181 cm³/mol. The molecular weight excluding hydrogens is 640 g/mol. The molecule has 11 heteroatoms. The lowest BCUT2D eigenvalue weighted by molar-refractivity contribution is -0.138. The first-order valence-electron chi connectivity index (χ1n) is 28.5. The summed E-state index contributed by atoms with van der Waals surface area (Å²) >= 11 is -0.794. The fraction of sp³-hybridized carbons (Fsp3) is 0.378. The number of alkyl halides is 3. The van der Waals surface area contributed by atoms with Gasteiger partial charge in [0.25, 0.3) is 5.56 Å². The highest BCUT2D eigenvalue weighted by Crippen LogP contribution is 2.34. The lowest BCUT2D eigenvalue weighted by Gasteiger charge is -2.28. The molecule has 48 heavy (non-hydrogen) atoms. The Hall–Kier alpha value is -3.96. The highest BCUT2D eigenvalue weighted by atomic mass is 32.2. The molecule has 254 valence electrons. The van der Waals surface area contributed by atoms with Crippen molar-refractivity contribution >= 4 is 17.7 Å². The van der Waals surface area contributed by atoms with Crippen molar-refractivity contribution in [2.24, 2.45) is 0 Å². The zero-order valence-electron chi connectivity index (χ0n) is 55.5. The molecule has 4 aromatic rings. The summed E-state index contributed by atoms with van der Waals surface area (Å²) in [5.41, 5.74) is -18.7. The van der Waals surface area contributed by atoms with Crippen LogP contribution in [0.1, 0.15) is 96.2 Å². The average molecular weight is 712 g/mol. The van der Waals surface area contributed by atoms with Crippen molar-refractivity contribution in [3.63, 3.8) is 0 Å². The van der Waals surface area contributed by atoms with Crippen molar-refractivity contribution in [3.8, 4) is 11.1 Å². The van der Waals surface area contributed by atoms with Gasteiger partial charge in [0, 0.05) is 55.6 Å². The molecule has 0 unspecified atom stereocenters. The van der Waals surface area contributed by atoms with Crippen molar-refractivity contribution in [1.29, 1.82) is 0 Å². The first-order valence-corrected chi connectivity index (χ1v) is 13.8. The van der Waals surface area contributed by atoms with Crippen LogP contribution in [0.25, 0.3) is 11.1 Å². The molecule has 6 nitrogen and oxygen atoms in total. The standard InChI is InChI=1S/C37H40F4N4O2S/c1-4-43(5-2)19-20-44(22-26-9-13-28(14-10-26)29-15-18-32(25(3)21-29)37(39,40)41)34(46)23-45-33-8-6-7-31(33)35(47)42-36(45)48-24-27-11-16-30(38)17-12-27/h9-18,21H,4-8,19-20,22-24H2,1-3H3/i4D2,5D2,6D2,7D2,8D2,9D,10D,11D,12D,13D,14D,15D,16D,17D,18D,19D2,20D2,21D,22D2,23D2,24D2. The van der Waals surface area contributed by atoms with Gasteiger partial charge in [0.15, 0.2) is 5.16 Å². The van der Waals surface area contributed by atoms with Gasteiger partial charge in [0.05, 0.1) is 28.9 Å². The maximum absolute atomic E-state index is 15.6. The van der Waals surface area contributed by atoms with Gasteiger partial charge < -0.3 is 14.4 Å². The molecule has 1 aliphatic rings. The largest absolute Gasteiger partial charge is 0.416 e. The zero-order chi connectivity index (χ0) is 61.9. The van der Waals surface area contributed by atoms with Gasteiger partial charge in [-0.05, 0) is 85.0 Å². The number of carbonyl (C=O) groups is 1. The number of rotatable bonds is 13. The van der Waals surface area contributed by atoms with Gasteiger partial charge in [-0.15, -0.1) is 0 Å². The second kappa shape index (κ2) is 15.5. The fourth-order valence-electron chi connectivity index (χ4n) is 3.62. The van der Waals surface area contributed by atoms with Crippen LogP contribution in [0, 0.1) is 12.7 Å². The van der Waals surface area contributed by atoms with Crippen LogP contribution in [0.4, 0.5) is 17.6 Å². The molecule has 1 heterocycles. The Bertz CT molecular complexity index is 3200. The fourth-order valence-corrected chi connectivity index (χ4v) is 4.27. The Morgan fingerprint density at radius 3 is 2.33 bits per heavy atom. The van der Waals surface area contributed by atoms with E-state index in [0.717, 1.165) is 0 Å². The van der Waals surface area contributed by atoms with Gasteiger partial charge in [-0.3, -0.25) is 9.59 Å². The second-order valence-electron chi connectivity index (χ2n) is 8.89. The summed E-state index contributed by atoms with van der Waals surface area (Å²) in [5, 5.41) is -1.85. The van der Waals surface area contributed by atoms with Crippen molar-refractivity contribution in [2.75, 3.05) is 26.0 Å². The minimum Gasteiger partial charge on any atom is -0.336 e. The van der Waals surface area contributed by atoms with Gasteiger partial charge >= 0.3 is 6.18 Å². The molecule has 3 aromatic carbocycles. The summed E-state index contributed by atoms with van der Waals surface area (Å²) in [6.45, 7) is -25.1. The minimum absolute atomic E-state index is 0.395. The van der Waals surface area contributed by atoms with Gasteiger partial charge in [-0.25, -0.2) is 4.39 Å². The van der Waals surface area contributed by atoms with E-state index in [-0.39, 0.29) is 0 Å². The monoisotopic (exact) mass is 711 g/mol. The molecule has 0 saturated heterocycles. The van der Waals surface area contributed by atoms with Crippen LogP contribution in [0.3, 0.4) is 0 Å². The molecule has 1 amide bonds. The van der Waals surface area contributed by atoms with Gasteiger partial charge in [0.2, 0.25) is 5.91 Å². The van der Waals surface area contributed by atoms with Crippen LogP contribution in [0.5, 0.6) is 0 Å². The number of hydrogen-bond acceptors (Lipinski definition) is 5. The topological polar surface area (TPSA) is 58.4 Å². The smallest absolute Gasteiger partial charge is 0.336 e. The summed E-state index contributed by atoms with van der Waals surface area (Å²) in [4.78, 5) is 30.9. The number of halogens is 4. The summed E-state index contributed by atoms with van der Waals surface area (Å²) in [6.07, 6.45) is -17.7. The molecule has 0 bridgehead atoms. The number of thioether (sulfide) groups is 1. The molecule has 0 aliphatic heterocycles. The molecule has 0 N–H and O–H groups in total. The first kappa shape index (κ1) is 13.1. The number of likely N-dealkylation sites (N-methyl/N-ethyl adjacent to an activating group) is 1. The van der Waals surface area contributed by atoms with Crippen LogP contribution in [-0.4, -0.2) is 51.2 Å². The number of benzene rings is 3. The normalized spacial score (nSPS) is 27.5. The minimum atomic E-state index is -5.40. The van der Waals surface area contributed by atoms with Gasteiger partial charge in [0.1, 0.15) is 12.3 Å². The molecule has 1 aromatic heterocycles. The molecule has 0 radical (unpaired) electrons. The Morgan fingerprint density at radius 1 is 1.00 bits per heavy atom. The SMILES string of the molecule is [2H]c1c([2H])c(C([2H])([2H])Sc2nc(=O)c3c(n2C([2H])([2H])C(=O)N(C([2H])([2H])c2c([2H])c([2H])c(-c4c([2H])c([2H])c(C(F)(F)F)c(C)c4[2H])c([2H])c2[2H])C([2H])([2H])C([2H])([2H])N(C([2H])([2H])C)C([2H])([2H])C)C([2H])([2H])C([2H])([2H])C3([2H])[2H])c([2H])c([2H])c1F. The van der Waals surface area contributed by atoms with E-state index in [4.69, 9.17) is 34.3 Å². The number of carbonyl (C=O) groups excluding carboxylic acids is 1. The third-order valence-electron chi connectivity index (χ3n) is 5.78. The van der Waals surface area contributed by atoms with Crippen molar-refractivity contribution in [1.82, 2.24) is 19.4 Å². The van der Waals surface area contributed by atoms with E-state index in [2.05, 4.69) is 4.98 Å². The van der Waals surface area contributed by atoms with Crippen LogP contribution < -0.4 is 5.56 Å². The maximum Gasteiger partial charge on any atom is 0.416 e. The summed E-state index contributed by atoms with van der Waals surface area (Å²) in [6, 6.07) is -17.8. The molecular formula is C37H40F4N4O2S. The predicted octanol–water partition coefficient (Wildman–Crippen LogP) is 7.53. The third kappa shape index (κ3) is 8.54. The van der Waals surface area contributed by atoms with Crippen molar-refractivity contribution in [3.05, 3.63) is 116 Å². The summed E-state index contributed by atoms with van der Waals surface area (Å²) in [5.74, 6) is -4.97. The Kier molecular flexibility index (Phi) is 4.22. The number of nitrogens with zero attached hydrogens (tertiary/aromatic N) is 4. The van der Waals surface area contributed by atoms with E-state index < -0.39 is 230 Å². The number of amides is 1. The van der Waals surface area contributed by atoms with E-state index in [1.165, 1.54) is 0 Å². The van der Waals surface area contributed by atoms with Gasteiger partial charge in [-0.2, -0.15) is 18.2 Å². The van der Waals surface area contributed by atoms with Crippen molar-refractivity contribution in [2.45, 2.75) is 69.9 Å². The van der Waals surface area contributed by atoms with E-state index in [1.54, 1.807) is 0 Å². The first-order chi connectivity index (χ1) is 35.0. The van der Waals surface area contributed by atoms with E-state index in [9.17, 15) is 30.6 Å². The van der Waals surface area contributed by atoms with E-state index in [0.29, 0.717) is 20.8 Å². The Labute approximate surface area is 326 Å². The van der Waals surface area contributed by atoms with Crippen molar-refractivity contribution < 1.29 is 64.8 Å². The quantitative estimate of drug-likeness (QED) is 0.0816. The van der Waals surface area contributed by atoms with E-state index >= 15 is 4.79 Å². The molecule has 5 rings (SSSR count). The van der Waals surface area contributed by atoms with Crippen LogP contribution in [-0.2, 0) is 42.4 Å². The zero-order valence-corrected chi connectivity index (χ0v) is 25.3.